The van der Waals surface area contributed by atoms with Crippen molar-refractivity contribution in [3.63, 3.8) is 0 Å². The summed E-state index contributed by atoms with van der Waals surface area (Å²) >= 11 is 0. The summed E-state index contributed by atoms with van der Waals surface area (Å²) in [5.74, 6) is 0. The Morgan fingerprint density at radius 1 is 1.25 bits per heavy atom. The van der Waals surface area contributed by atoms with Crippen molar-refractivity contribution in [3.8, 4) is 0 Å². The lowest BCUT2D eigenvalue weighted by molar-refractivity contribution is -0.0453. The maximum absolute atomic E-state index is 12.6. The molecule has 0 saturated carbocycles. The van der Waals surface area contributed by atoms with Gasteiger partial charge in [0, 0.05) is 26.2 Å². The molecule has 0 radical (unpaired) electrons. The lowest BCUT2D eigenvalue weighted by Crippen LogP contribution is -2.53. The minimum Gasteiger partial charge on any atom is -0.373 e. The van der Waals surface area contributed by atoms with Crippen LogP contribution in [0.4, 0.5) is 0 Å². The van der Waals surface area contributed by atoms with Crippen molar-refractivity contribution in [2.75, 3.05) is 32.7 Å². The van der Waals surface area contributed by atoms with E-state index in [-0.39, 0.29) is 30.0 Å². The smallest absolute Gasteiger partial charge is 0.282 e. The van der Waals surface area contributed by atoms with Gasteiger partial charge in [0.05, 0.1) is 12.2 Å². The fraction of sp³-hybridized carbons (Fsp3) is 1.00. The van der Waals surface area contributed by atoms with Crippen LogP contribution in [0.3, 0.4) is 0 Å². The van der Waals surface area contributed by atoms with E-state index in [1.165, 1.54) is 0 Å². The summed E-state index contributed by atoms with van der Waals surface area (Å²) in [6.07, 6.45) is 0.724. The number of hydrogen-bond donors (Lipinski definition) is 1. The van der Waals surface area contributed by atoms with E-state index in [1.54, 1.807) is 8.61 Å². The Morgan fingerprint density at radius 2 is 1.80 bits per heavy atom. The number of nitrogens with two attached hydrogens (primary N) is 1. The van der Waals surface area contributed by atoms with Crippen LogP contribution < -0.4 is 5.73 Å². The van der Waals surface area contributed by atoms with Crippen LogP contribution in [0.5, 0.6) is 0 Å². The first-order chi connectivity index (χ1) is 8.77. The number of nitrogens with zero attached hydrogens (tertiary/aromatic N) is 2. The van der Waals surface area contributed by atoms with Crippen molar-refractivity contribution < 1.29 is 13.2 Å². The van der Waals surface area contributed by atoms with Crippen LogP contribution in [0, 0.1) is 5.41 Å². The molecule has 2 aliphatic heterocycles. The summed E-state index contributed by atoms with van der Waals surface area (Å²) < 4.78 is 34.0. The largest absolute Gasteiger partial charge is 0.373 e. The molecule has 8 heteroatoms. The summed E-state index contributed by atoms with van der Waals surface area (Å²) in [4.78, 5) is 0. The normalized spacial score (nSPS) is 36.8. The first kappa shape index (κ1) is 18.1. The second-order valence-corrected chi connectivity index (χ2v) is 8.11. The van der Waals surface area contributed by atoms with E-state index in [0.29, 0.717) is 32.7 Å². The highest BCUT2D eigenvalue weighted by atomic mass is 35.5. The van der Waals surface area contributed by atoms with Gasteiger partial charge in [-0.3, -0.25) is 0 Å². The van der Waals surface area contributed by atoms with Gasteiger partial charge >= 0.3 is 0 Å². The minimum absolute atomic E-state index is 0. The van der Waals surface area contributed by atoms with Gasteiger partial charge in [-0.05, 0) is 32.2 Å². The Labute approximate surface area is 128 Å². The lowest BCUT2D eigenvalue weighted by atomic mass is 9.90. The number of halogens is 1. The second kappa shape index (κ2) is 6.46. The predicted octanol–water partition coefficient (Wildman–Crippen LogP) is 0.433. The van der Waals surface area contributed by atoms with E-state index >= 15 is 0 Å². The van der Waals surface area contributed by atoms with Gasteiger partial charge in [0.15, 0.2) is 0 Å². The molecule has 0 aromatic rings. The van der Waals surface area contributed by atoms with E-state index in [9.17, 15) is 8.42 Å². The van der Waals surface area contributed by atoms with Crippen LogP contribution in [0.2, 0.25) is 0 Å². The molecule has 2 heterocycles. The summed E-state index contributed by atoms with van der Waals surface area (Å²) in [5, 5.41) is 0. The SMILES string of the molecule is CC1CN(S(=O)(=O)N2CCC(C)(CN)C2)CC(C)O1.Cl. The fourth-order valence-corrected chi connectivity index (χ4v) is 4.74. The quantitative estimate of drug-likeness (QED) is 0.815. The van der Waals surface area contributed by atoms with Gasteiger partial charge in [-0.1, -0.05) is 6.92 Å². The summed E-state index contributed by atoms with van der Waals surface area (Å²) in [7, 11) is -3.38. The number of rotatable bonds is 3. The van der Waals surface area contributed by atoms with Crippen molar-refractivity contribution in [1.82, 2.24) is 8.61 Å². The van der Waals surface area contributed by atoms with E-state index in [4.69, 9.17) is 10.5 Å². The first-order valence-electron chi connectivity index (χ1n) is 6.87. The number of ether oxygens (including phenoxy) is 1. The molecule has 3 atom stereocenters. The molecule has 2 saturated heterocycles. The molecule has 0 amide bonds. The Kier molecular flexibility index (Phi) is 5.85. The zero-order chi connectivity index (χ0) is 14.3. The van der Waals surface area contributed by atoms with E-state index in [0.717, 1.165) is 6.42 Å². The van der Waals surface area contributed by atoms with Crippen molar-refractivity contribution in [2.45, 2.75) is 39.4 Å². The van der Waals surface area contributed by atoms with E-state index in [1.807, 2.05) is 20.8 Å². The van der Waals surface area contributed by atoms with Crippen LogP contribution in [-0.2, 0) is 14.9 Å². The van der Waals surface area contributed by atoms with Gasteiger partial charge in [0.25, 0.3) is 10.2 Å². The average molecular weight is 328 g/mol. The molecule has 6 nitrogen and oxygen atoms in total. The molecule has 20 heavy (non-hydrogen) atoms. The molecule has 2 aliphatic rings. The fourth-order valence-electron chi connectivity index (χ4n) is 2.82. The monoisotopic (exact) mass is 327 g/mol. The molecule has 0 aromatic heterocycles. The first-order valence-corrected chi connectivity index (χ1v) is 8.27. The molecule has 120 valence electrons. The number of morpholine rings is 1. The van der Waals surface area contributed by atoms with Crippen molar-refractivity contribution in [2.24, 2.45) is 11.1 Å². The van der Waals surface area contributed by atoms with Gasteiger partial charge in [0.2, 0.25) is 0 Å². The maximum Gasteiger partial charge on any atom is 0.282 e. The highest BCUT2D eigenvalue weighted by molar-refractivity contribution is 7.86. The summed E-state index contributed by atoms with van der Waals surface area (Å²) in [6.45, 7) is 8.34. The predicted molar refractivity (Wildman–Crippen MR) is 81.1 cm³/mol. The van der Waals surface area contributed by atoms with Crippen LogP contribution >= 0.6 is 12.4 Å². The topological polar surface area (TPSA) is 75.9 Å². The molecule has 2 rings (SSSR count). The molecule has 0 spiro atoms. The summed E-state index contributed by atoms with van der Waals surface area (Å²) in [5.41, 5.74) is 5.65. The van der Waals surface area contributed by atoms with Gasteiger partial charge in [-0.25, -0.2) is 0 Å². The zero-order valence-electron chi connectivity index (χ0n) is 12.4. The molecular formula is C12H26ClN3O3S. The van der Waals surface area contributed by atoms with Gasteiger partial charge in [-0.2, -0.15) is 17.0 Å². The van der Waals surface area contributed by atoms with Gasteiger partial charge in [-0.15, -0.1) is 12.4 Å². The van der Waals surface area contributed by atoms with Crippen LogP contribution in [-0.4, -0.2) is 62.0 Å². The van der Waals surface area contributed by atoms with Crippen molar-refractivity contribution in [3.05, 3.63) is 0 Å². The Balaban J connectivity index is 0.00000200. The minimum atomic E-state index is -3.38. The summed E-state index contributed by atoms with van der Waals surface area (Å²) in [6, 6.07) is 0. The zero-order valence-corrected chi connectivity index (χ0v) is 14.0. The van der Waals surface area contributed by atoms with Gasteiger partial charge < -0.3 is 10.5 Å². The maximum atomic E-state index is 12.6. The molecule has 3 unspecified atom stereocenters. The third-order valence-corrected chi connectivity index (χ3v) is 5.97. The molecular weight excluding hydrogens is 302 g/mol. The molecule has 2 fully saturated rings. The Hall–Kier alpha value is 0.0800. The van der Waals surface area contributed by atoms with Crippen LogP contribution in [0.15, 0.2) is 0 Å². The van der Waals surface area contributed by atoms with Crippen LogP contribution in [0.1, 0.15) is 27.2 Å². The second-order valence-electron chi connectivity index (χ2n) is 6.18. The van der Waals surface area contributed by atoms with E-state index in [2.05, 4.69) is 0 Å². The lowest BCUT2D eigenvalue weighted by Gasteiger charge is -2.36. The molecule has 0 bridgehead atoms. The molecule has 2 N–H and O–H groups in total. The van der Waals surface area contributed by atoms with Crippen molar-refractivity contribution >= 4 is 22.6 Å². The Morgan fingerprint density at radius 3 is 2.25 bits per heavy atom. The third kappa shape index (κ3) is 3.64. The van der Waals surface area contributed by atoms with E-state index < -0.39 is 10.2 Å². The Bertz CT molecular complexity index is 424. The van der Waals surface area contributed by atoms with Crippen LogP contribution in [0.25, 0.3) is 0 Å². The van der Waals surface area contributed by atoms with Crippen molar-refractivity contribution in [1.29, 1.82) is 0 Å². The molecule has 0 aliphatic carbocycles. The number of hydrogen-bond acceptors (Lipinski definition) is 4. The highest BCUT2D eigenvalue weighted by Gasteiger charge is 2.42. The molecule has 0 aromatic carbocycles. The highest BCUT2D eigenvalue weighted by Crippen LogP contribution is 2.31. The van der Waals surface area contributed by atoms with Gasteiger partial charge in [0.1, 0.15) is 0 Å². The third-order valence-electron chi connectivity index (χ3n) is 4.05. The average Bonchev–Trinajstić information content (AvgIpc) is 2.72. The standard InChI is InChI=1S/C12H25N3O3S.ClH/c1-10-6-15(7-11(2)18-10)19(16,17)14-5-4-12(3,8-13)9-14;/h10-11H,4-9,13H2,1-3H3;1H.